The number of hydrogen-bond acceptors (Lipinski definition) is 3. The lowest BCUT2D eigenvalue weighted by Crippen LogP contribution is -2.37. The number of nitrogens with one attached hydrogen (secondary N) is 1. The van der Waals surface area contributed by atoms with E-state index in [2.05, 4.69) is 15.2 Å². The molecule has 0 aliphatic heterocycles. The molecule has 3 N–H and O–H groups in total. The lowest BCUT2D eigenvalue weighted by molar-refractivity contribution is 0.259. The van der Waals surface area contributed by atoms with E-state index in [0.717, 1.165) is 30.3 Å². The minimum atomic E-state index is 0. The molecule has 0 spiro atoms. The fourth-order valence-electron chi connectivity index (χ4n) is 2.29. The van der Waals surface area contributed by atoms with Gasteiger partial charge in [-0.1, -0.05) is 24.6 Å². The van der Waals surface area contributed by atoms with Gasteiger partial charge in [-0.2, -0.15) is 0 Å². The average Bonchev–Trinajstić information content (AvgIpc) is 2.44. The van der Waals surface area contributed by atoms with Gasteiger partial charge in [0.25, 0.3) is 0 Å². The van der Waals surface area contributed by atoms with Gasteiger partial charge >= 0.3 is 0 Å². The van der Waals surface area contributed by atoms with E-state index in [4.69, 9.17) is 10.5 Å². The molecule has 0 aromatic heterocycles. The normalized spacial score (nSPS) is 15.0. The van der Waals surface area contributed by atoms with E-state index in [9.17, 15) is 0 Å². The molecule has 1 fully saturated rings. The summed E-state index contributed by atoms with van der Waals surface area (Å²) in [4.78, 5) is 6.52. The number of ether oxygens (including phenoxy) is 1. The summed E-state index contributed by atoms with van der Waals surface area (Å²) in [6.45, 7) is 3.05. The van der Waals surface area contributed by atoms with Gasteiger partial charge in [0.05, 0.1) is 6.54 Å². The fourth-order valence-corrected chi connectivity index (χ4v) is 2.29. The monoisotopic (exact) mass is 432 g/mol. The molecule has 1 aliphatic carbocycles. The van der Waals surface area contributed by atoms with Crippen LogP contribution in [0.25, 0.3) is 0 Å². The summed E-state index contributed by atoms with van der Waals surface area (Å²) in [7, 11) is 4.07. The molecule has 6 heteroatoms. The van der Waals surface area contributed by atoms with Gasteiger partial charge in [0.15, 0.2) is 5.96 Å². The van der Waals surface area contributed by atoms with Gasteiger partial charge in [-0.3, -0.25) is 0 Å². The lowest BCUT2D eigenvalue weighted by atomic mass is 9.85. The van der Waals surface area contributed by atoms with Gasteiger partial charge < -0.3 is 20.7 Å². The third-order valence-corrected chi connectivity index (χ3v) is 3.99. The summed E-state index contributed by atoms with van der Waals surface area (Å²) in [6, 6.07) is 8.00. The van der Waals surface area contributed by atoms with E-state index in [1.165, 1.54) is 19.3 Å². The summed E-state index contributed by atoms with van der Waals surface area (Å²) in [5, 5.41) is 3.21. The molecule has 0 amide bonds. The zero-order chi connectivity index (χ0) is 15.8. The Bertz CT molecular complexity index is 489. The molecule has 23 heavy (non-hydrogen) atoms. The minimum Gasteiger partial charge on any atom is -0.492 e. The second-order valence-corrected chi connectivity index (χ2v) is 6.14. The third kappa shape index (κ3) is 7.39. The molecular formula is C17H29IN4O. The maximum Gasteiger partial charge on any atom is 0.188 e. The Morgan fingerprint density at radius 2 is 2.09 bits per heavy atom. The van der Waals surface area contributed by atoms with Crippen molar-refractivity contribution in [1.82, 2.24) is 10.2 Å². The number of likely N-dealkylation sites (N-methyl/N-ethyl adjacent to an activating group) is 1. The van der Waals surface area contributed by atoms with Crippen molar-refractivity contribution < 1.29 is 4.74 Å². The van der Waals surface area contributed by atoms with Crippen molar-refractivity contribution in [3.63, 3.8) is 0 Å². The van der Waals surface area contributed by atoms with Crippen molar-refractivity contribution in [2.75, 3.05) is 33.8 Å². The first kappa shape index (κ1) is 20.0. The van der Waals surface area contributed by atoms with Crippen molar-refractivity contribution in [2.24, 2.45) is 16.6 Å². The first-order valence-electron chi connectivity index (χ1n) is 8.04. The maximum atomic E-state index is 5.93. The first-order valence-corrected chi connectivity index (χ1v) is 8.04. The summed E-state index contributed by atoms with van der Waals surface area (Å²) in [5.41, 5.74) is 6.99. The fraction of sp³-hybridized carbons (Fsp3) is 0.588. The van der Waals surface area contributed by atoms with E-state index in [0.29, 0.717) is 19.1 Å². The van der Waals surface area contributed by atoms with Gasteiger partial charge in [-0.05, 0) is 38.9 Å². The van der Waals surface area contributed by atoms with Crippen LogP contribution in [-0.4, -0.2) is 44.7 Å². The Balaban J connectivity index is 0.00000264. The highest BCUT2D eigenvalue weighted by atomic mass is 127. The number of benzene rings is 1. The topological polar surface area (TPSA) is 62.9 Å². The van der Waals surface area contributed by atoms with Crippen LogP contribution >= 0.6 is 24.0 Å². The van der Waals surface area contributed by atoms with Crippen molar-refractivity contribution in [3.8, 4) is 5.75 Å². The maximum absolute atomic E-state index is 5.93. The lowest BCUT2D eigenvalue weighted by Gasteiger charge is -2.25. The van der Waals surface area contributed by atoms with Gasteiger partial charge in [-0.15, -0.1) is 24.0 Å². The van der Waals surface area contributed by atoms with E-state index in [1.807, 2.05) is 38.4 Å². The Labute approximate surface area is 156 Å². The number of nitrogens with two attached hydrogens (primary N) is 1. The molecule has 0 radical (unpaired) electrons. The number of guanidine groups is 1. The molecule has 1 aromatic carbocycles. The van der Waals surface area contributed by atoms with E-state index in [-0.39, 0.29) is 24.0 Å². The van der Waals surface area contributed by atoms with E-state index < -0.39 is 0 Å². The Kier molecular flexibility index (Phi) is 9.31. The highest BCUT2D eigenvalue weighted by molar-refractivity contribution is 14.0. The zero-order valence-electron chi connectivity index (χ0n) is 14.1. The van der Waals surface area contributed by atoms with Crippen LogP contribution < -0.4 is 15.8 Å². The van der Waals surface area contributed by atoms with E-state index >= 15 is 0 Å². The van der Waals surface area contributed by atoms with Crippen LogP contribution in [0, 0.1) is 5.92 Å². The Morgan fingerprint density at radius 3 is 2.74 bits per heavy atom. The largest absolute Gasteiger partial charge is 0.492 e. The molecule has 0 unspecified atom stereocenters. The minimum absolute atomic E-state index is 0. The predicted molar refractivity (Wildman–Crippen MR) is 107 cm³/mol. The molecule has 1 aromatic rings. The van der Waals surface area contributed by atoms with Crippen LogP contribution in [0.2, 0.25) is 0 Å². The molecular weight excluding hydrogens is 403 g/mol. The summed E-state index contributed by atoms with van der Waals surface area (Å²) < 4.78 is 5.83. The van der Waals surface area contributed by atoms with Crippen LogP contribution in [0.15, 0.2) is 29.3 Å². The predicted octanol–water partition coefficient (Wildman–Crippen LogP) is 2.45. The summed E-state index contributed by atoms with van der Waals surface area (Å²) in [5.74, 6) is 2.19. The van der Waals surface area contributed by atoms with Crippen molar-refractivity contribution >= 4 is 29.9 Å². The van der Waals surface area contributed by atoms with Crippen LogP contribution in [0.4, 0.5) is 0 Å². The van der Waals surface area contributed by atoms with Crippen LogP contribution in [0.1, 0.15) is 24.8 Å². The second-order valence-electron chi connectivity index (χ2n) is 6.14. The molecule has 5 nitrogen and oxygen atoms in total. The van der Waals surface area contributed by atoms with Crippen LogP contribution in [0.5, 0.6) is 5.75 Å². The van der Waals surface area contributed by atoms with Crippen molar-refractivity contribution in [1.29, 1.82) is 0 Å². The Hall–Kier alpha value is -1.02. The number of para-hydroxylation sites is 1. The van der Waals surface area contributed by atoms with Gasteiger partial charge in [-0.25, -0.2) is 4.99 Å². The number of rotatable bonds is 8. The van der Waals surface area contributed by atoms with Crippen molar-refractivity contribution in [3.05, 3.63) is 29.8 Å². The number of aliphatic imine (C=N–C) groups is 1. The smallest absolute Gasteiger partial charge is 0.188 e. The molecule has 0 bridgehead atoms. The molecule has 1 saturated carbocycles. The summed E-state index contributed by atoms with van der Waals surface area (Å²) in [6.07, 6.45) is 3.96. The highest BCUT2D eigenvalue weighted by Crippen LogP contribution is 2.25. The number of halogens is 1. The number of hydrogen-bond donors (Lipinski definition) is 2. The van der Waals surface area contributed by atoms with E-state index in [1.54, 1.807) is 0 Å². The quantitative estimate of drug-likeness (QED) is 0.377. The number of nitrogens with zero attached hydrogens (tertiary/aromatic N) is 2. The molecule has 0 saturated heterocycles. The second kappa shape index (κ2) is 10.7. The molecule has 2 rings (SSSR count). The van der Waals surface area contributed by atoms with Crippen LogP contribution in [-0.2, 0) is 6.54 Å². The first-order chi connectivity index (χ1) is 10.6. The SMILES string of the molecule is CN(C)CCOc1ccccc1CN=C(N)NCC1CCC1.I. The molecule has 1 aliphatic rings. The third-order valence-electron chi connectivity index (χ3n) is 3.99. The van der Waals surface area contributed by atoms with Crippen LogP contribution in [0.3, 0.4) is 0 Å². The van der Waals surface area contributed by atoms with Gasteiger partial charge in [0.1, 0.15) is 12.4 Å². The molecule has 0 atom stereocenters. The average molecular weight is 432 g/mol. The standard InChI is InChI=1S/C17H28N4O.HI/c1-21(2)10-11-22-16-9-4-3-8-15(16)13-20-17(18)19-12-14-6-5-7-14;/h3-4,8-9,14H,5-7,10-13H2,1-2H3,(H3,18,19,20);1H. The Morgan fingerprint density at radius 1 is 1.35 bits per heavy atom. The molecule has 130 valence electrons. The highest BCUT2D eigenvalue weighted by Gasteiger charge is 2.16. The van der Waals surface area contributed by atoms with Gasteiger partial charge in [0.2, 0.25) is 0 Å². The molecule has 0 heterocycles. The zero-order valence-corrected chi connectivity index (χ0v) is 16.5. The van der Waals surface area contributed by atoms with Crippen molar-refractivity contribution in [2.45, 2.75) is 25.8 Å². The summed E-state index contributed by atoms with van der Waals surface area (Å²) >= 11 is 0. The van der Waals surface area contributed by atoms with Gasteiger partial charge in [0, 0.05) is 18.7 Å².